The number of aromatic nitrogens is 2. The number of amidine groups is 1. The van der Waals surface area contributed by atoms with Crippen LogP contribution in [0.1, 0.15) is 5.69 Å². The topological polar surface area (TPSA) is 33.4 Å². The number of halogens is 1. The quantitative estimate of drug-likeness (QED) is 0.796. The van der Waals surface area contributed by atoms with Crippen molar-refractivity contribution < 1.29 is 0 Å². The zero-order valence-corrected chi connectivity index (χ0v) is 10.9. The van der Waals surface area contributed by atoms with Gasteiger partial charge in [-0.3, -0.25) is 0 Å². The summed E-state index contributed by atoms with van der Waals surface area (Å²) >= 11 is 3.47. The van der Waals surface area contributed by atoms with Crippen molar-refractivity contribution in [3.05, 3.63) is 47.0 Å². The maximum Gasteiger partial charge on any atom is 0.132 e. The van der Waals surface area contributed by atoms with Gasteiger partial charge in [0.2, 0.25) is 0 Å². The van der Waals surface area contributed by atoms with Crippen LogP contribution in [0.5, 0.6) is 0 Å². The van der Waals surface area contributed by atoms with Crippen molar-refractivity contribution in [3.8, 4) is 0 Å². The largest absolute Gasteiger partial charge is 0.326 e. The molecule has 0 bridgehead atoms. The number of allylic oxidation sites excluding steroid dienone is 2. The molecule has 0 spiro atoms. The smallest absolute Gasteiger partial charge is 0.132 e. The van der Waals surface area contributed by atoms with Gasteiger partial charge in [0.25, 0.3) is 0 Å². The Hall–Kier alpha value is -1.62. The van der Waals surface area contributed by atoms with Crippen LogP contribution in [-0.4, -0.2) is 27.1 Å². The number of hydrogen-bond donors (Lipinski definition) is 0. The minimum Gasteiger partial charge on any atom is -0.326 e. The van der Waals surface area contributed by atoms with E-state index in [4.69, 9.17) is 0 Å². The van der Waals surface area contributed by atoms with E-state index in [0.29, 0.717) is 0 Å². The van der Waals surface area contributed by atoms with Crippen molar-refractivity contribution in [1.82, 2.24) is 14.7 Å². The summed E-state index contributed by atoms with van der Waals surface area (Å²) < 4.78 is 2.92. The van der Waals surface area contributed by atoms with Gasteiger partial charge >= 0.3 is 0 Å². The molecule has 0 saturated heterocycles. The van der Waals surface area contributed by atoms with Crippen molar-refractivity contribution >= 4 is 27.5 Å². The molecule has 3 heterocycles. The van der Waals surface area contributed by atoms with Crippen LogP contribution in [-0.2, 0) is 0 Å². The van der Waals surface area contributed by atoms with E-state index in [9.17, 15) is 0 Å². The highest BCUT2D eigenvalue weighted by Crippen LogP contribution is 2.20. The molecule has 0 N–H and O–H groups in total. The average Bonchev–Trinajstić information content (AvgIpc) is 2.75. The van der Waals surface area contributed by atoms with Gasteiger partial charge in [0.05, 0.1) is 24.1 Å². The van der Waals surface area contributed by atoms with Crippen molar-refractivity contribution in [2.75, 3.05) is 6.54 Å². The SMILES string of the molecule is Cc1ccn(C2=CN=C3C=CC(Br)=CN3C2)n1. The van der Waals surface area contributed by atoms with Gasteiger partial charge in [0.1, 0.15) is 5.84 Å². The maximum atomic E-state index is 4.42. The molecular formula is C12H11BrN4. The summed E-state index contributed by atoms with van der Waals surface area (Å²) in [5.74, 6) is 0.959. The first-order chi connectivity index (χ1) is 8.22. The number of hydrogen-bond acceptors (Lipinski definition) is 3. The second kappa shape index (κ2) is 4.00. The predicted octanol–water partition coefficient (Wildman–Crippen LogP) is 2.51. The Labute approximate surface area is 108 Å². The highest BCUT2D eigenvalue weighted by molar-refractivity contribution is 9.11. The van der Waals surface area contributed by atoms with Gasteiger partial charge in [0, 0.05) is 16.9 Å². The summed E-state index contributed by atoms with van der Waals surface area (Å²) in [6.07, 6.45) is 9.84. The molecule has 17 heavy (non-hydrogen) atoms. The molecule has 0 unspecified atom stereocenters. The molecule has 0 fully saturated rings. The molecule has 0 aromatic carbocycles. The lowest BCUT2D eigenvalue weighted by atomic mass is 10.2. The fourth-order valence-corrected chi connectivity index (χ4v) is 2.19. The van der Waals surface area contributed by atoms with Gasteiger partial charge in [-0.05, 0) is 41.1 Å². The highest BCUT2D eigenvalue weighted by atomic mass is 79.9. The number of nitrogens with zero attached hydrogens (tertiary/aromatic N) is 4. The second-order valence-electron chi connectivity index (χ2n) is 3.98. The van der Waals surface area contributed by atoms with Crippen molar-refractivity contribution in [1.29, 1.82) is 0 Å². The van der Waals surface area contributed by atoms with Gasteiger partial charge < -0.3 is 4.90 Å². The van der Waals surface area contributed by atoms with Crippen LogP contribution >= 0.6 is 15.9 Å². The molecule has 1 aromatic heterocycles. The lowest BCUT2D eigenvalue weighted by molar-refractivity contribution is 0.599. The van der Waals surface area contributed by atoms with Crippen LogP contribution in [0.4, 0.5) is 0 Å². The fraction of sp³-hybridized carbons (Fsp3) is 0.167. The van der Waals surface area contributed by atoms with Crippen molar-refractivity contribution in [3.63, 3.8) is 0 Å². The Bertz CT molecular complexity index is 577. The number of aryl methyl sites for hydroxylation is 1. The molecule has 86 valence electrons. The van der Waals surface area contributed by atoms with E-state index in [0.717, 1.165) is 28.3 Å². The number of fused-ring (bicyclic) bond motifs is 1. The van der Waals surface area contributed by atoms with Crippen LogP contribution in [0, 0.1) is 6.92 Å². The molecule has 5 heteroatoms. The summed E-state index contributed by atoms with van der Waals surface area (Å²) in [5.41, 5.74) is 2.07. The van der Waals surface area contributed by atoms with Gasteiger partial charge in [-0.1, -0.05) is 0 Å². The Morgan fingerprint density at radius 2 is 2.24 bits per heavy atom. The standard InChI is InChI=1S/C12H11BrN4/c1-9-4-5-17(15-9)11-6-14-12-3-2-10(13)7-16(12)8-11/h2-7H,8H2,1H3. The van der Waals surface area contributed by atoms with E-state index in [1.54, 1.807) is 0 Å². The summed E-state index contributed by atoms with van der Waals surface area (Å²) in [4.78, 5) is 6.51. The lowest BCUT2D eigenvalue weighted by Gasteiger charge is -2.27. The van der Waals surface area contributed by atoms with E-state index in [-0.39, 0.29) is 0 Å². The van der Waals surface area contributed by atoms with Crippen LogP contribution in [0.15, 0.2) is 46.3 Å². The van der Waals surface area contributed by atoms with Gasteiger partial charge in [-0.25, -0.2) is 9.67 Å². The normalized spacial score (nSPS) is 18.5. The molecule has 0 atom stereocenters. The van der Waals surface area contributed by atoms with E-state index in [2.05, 4.69) is 30.9 Å². The molecule has 4 nitrogen and oxygen atoms in total. The monoisotopic (exact) mass is 290 g/mol. The Balaban J connectivity index is 1.94. The van der Waals surface area contributed by atoms with E-state index in [1.165, 1.54) is 0 Å². The van der Waals surface area contributed by atoms with Gasteiger partial charge in [-0.15, -0.1) is 0 Å². The Kier molecular flexibility index (Phi) is 2.48. The summed E-state index contributed by atoms with van der Waals surface area (Å²) in [6.45, 7) is 2.76. The first kappa shape index (κ1) is 10.5. The van der Waals surface area contributed by atoms with E-state index in [1.807, 2.05) is 48.4 Å². The molecule has 3 rings (SSSR count). The molecule has 0 saturated carbocycles. The van der Waals surface area contributed by atoms with Crippen LogP contribution in [0.2, 0.25) is 0 Å². The Morgan fingerprint density at radius 1 is 1.35 bits per heavy atom. The Morgan fingerprint density at radius 3 is 3.00 bits per heavy atom. The zero-order chi connectivity index (χ0) is 11.8. The molecule has 2 aliphatic rings. The minimum atomic E-state index is 0.777. The maximum absolute atomic E-state index is 4.42. The predicted molar refractivity (Wildman–Crippen MR) is 71.5 cm³/mol. The zero-order valence-electron chi connectivity index (χ0n) is 9.34. The molecule has 0 radical (unpaired) electrons. The van der Waals surface area contributed by atoms with Crippen molar-refractivity contribution in [2.45, 2.75) is 6.92 Å². The molecule has 0 aliphatic carbocycles. The highest BCUT2D eigenvalue weighted by Gasteiger charge is 2.17. The summed E-state index contributed by atoms with van der Waals surface area (Å²) in [7, 11) is 0. The third kappa shape index (κ3) is 1.98. The van der Waals surface area contributed by atoms with E-state index < -0.39 is 0 Å². The van der Waals surface area contributed by atoms with Crippen molar-refractivity contribution in [2.24, 2.45) is 4.99 Å². The third-order valence-corrected chi connectivity index (χ3v) is 3.13. The lowest BCUT2D eigenvalue weighted by Crippen LogP contribution is -2.31. The average molecular weight is 291 g/mol. The third-order valence-electron chi connectivity index (χ3n) is 2.66. The minimum absolute atomic E-state index is 0.777. The first-order valence-electron chi connectivity index (χ1n) is 5.34. The molecule has 2 aliphatic heterocycles. The second-order valence-corrected chi connectivity index (χ2v) is 4.90. The molecule has 0 amide bonds. The van der Waals surface area contributed by atoms with Gasteiger partial charge in [-0.2, -0.15) is 5.10 Å². The fourth-order valence-electron chi connectivity index (χ4n) is 1.81. The van der Waals surface area contributed by atoms with Crippen LogP contribution < -0.4 is 0 Å². The number of aliphatic imine (C=N–C) groups is 1. The van der Waals surface area contributed by atoms with E-state index >= 15 is 0 Å². The molecular weight excluding hydrogens is 280 g/mol. The van der Waals surface area contributed by atoms with Crippen LogP contribution in [0.3, 0.4) is 0 Å². The first-order valence-corrected chi connectivity index (χ1v) is 6.13. The van der Waals surface area contributed by atoms with Crippen LogP contribution in [0.25, 0.3) is 5.70 Å². The summed E-state index contributed by atoms with van der Waals surface area (Å²) in [5, 5.41) is 4.39. The summed E-state index contributed by atoms with van der Waals surface area (Å²) in [6, 6.07) is 1.99. The number of rotatable bonds is 1. The van der Waals surface area contributed by atoms with Gasteiger partial charge in [0.15, 0.2) is 0 Å². The molecule has 1 aromatic rings.